The van der Waals surface area contributed by atoms with E-state index >= 15 is 0 Å². The van der Waals surface area contributed by atoms with E-state index in [2.05, 4.69) is 22.9 Å². The normalized spacial score (nSPS) is 8.58. The number of rotatable bonds is 2. The van der Waals surface area contributed by atoms with Crippen LogP contribution in [0.3, 0.4) is 0 Å². The molecule has 0 saturated carbocycles. The number of benzene rings is 1. The molecule has 2 heteroatoms. The minimum Gasteiger partial charge on any atom is -0.0928 e. The molecule has 0 heterocycles. The number of hydrogen-bond acceptors (Lipinski definition) is 0. The molecule has 1 aromatic carbocycles. The van der Waals surface area contributed by atoms with Crippen molar-refractivity contribution in [3.8, 4) is 0 Å². The molecular formula is C10H14BrCl. The van der Waals surface area contributed by atoms with Gasteiger partial charge in [0.2, 0.25) is 0 Å². The third-order valence-electron chi connectivity index (χ3n) is 1.22. The van der Waals surface area contributed by atoms with Crippen LogP contribution in [0, 0.1) is 0 Å². The second-order valence-corrected chi connectivity index (χ2v) is 3.57. The van der Waals surface area contributed by atoms with E-state index in [1.807, 2.05) is 30.3 Å². The molecule has 1 aromatic rings. The molecule has 0 bridgehead atoms. The highest BCUT2D eigenvalue weighted by atomic mass is 79.9. The molecule has 0 nitrogen and oxygen atoms in total. The summed E-state index contributed by atoms with van der Waals surface area (Å²) >= 11 is 8.85. The van der Waals surface area contributed by atoms with Crippen LogP contribution in [0.2, 0.25) is 5.02 Å². The van der Waals surface area contributed by atoms with E-state index in [0.29, 0.717) is 0 Å². The Hall–Kier alpha value is -0.0100. The molecule has 0 aromatic heterocycles. The van der Waals surface area contributed by atoms with Gasteiger partial charge in [-0.15, -0.1) is 0 Å². The molecule has 0 unspecified atom stereocenters. The van der Waals surface area contributed by atoms with Gasteiger partial charge in [0.05, 0.1) is 0 Å². The van der Waals surface area contributed by atoms with Gasteiger partial charge in [-0.05, 0) is 18.6 Å². The van der Waals surface area contributed by atoms with Gasteiger partial charge in [0.25, 0.3) is 0 Å². The van der Waals surface area contributed by atoms with Gasteiger partial charge in [-0.1, -0.05) is 59.1 Å². The van der Waals surface area contributed by atoms with Gasteiger partial charge in [-0.3, -0.25) is 0 Å². The average molecular weight is 250 g/mol. The molecule has 1 rings (SSSR count). The van der Waals surface area contributed by atoms with Gasteiger partial charge < -0.3 is 0 Å². The molecule has 0 aliphatic carbocycles. The maximum absolute atomic E-state index is 5.54. The molecule has 0 atom stereocenters. The molecule has 0 radical (unpaired) electrons. The van der Waals surface area contributed by atoms with Crippen LogP contribution in [0.25, 0.3) is 0 Å². The zero-order valence-electron chi connectivity index (χ0n) is 7.26. The van der Waals surface area contributed by atoms with Crippen molar-refractivity contribution >= 4 is 27.5 Å². The van der Waals surface area contributed by atoms with Crippen molar-refractivity contribution in [3.05, 3.63) is 35.4 Å². The van der Waals surface area contributed by atoms with Gasteiger partial charge >= 0.3 is 0 Å². The van der Waals surface area contributed by atoms with Gasteiger partial charge in [-0.2, -0.15) is 0 Å². The van der Waals surface area contributed by atoms with E-state index in [0.717, 1.165) is 10.4 Å². The van der Waals surface area contributed by atoms with Crippen molar-refractivity contribution in [3.63, 3.8) is 0 Å². The average Bonchev–Trinajstić information content (AvgIpc) is 2.08. The molecule has 0 N–H and O–H groups in total. The van der Waals surface area contributed by atoms with Crippen LogP contribution in [-0.4, -0.2) is 5.33 Å². The summed E-state index contributed by atoms with van der Waals surface area (Å²) in [6.45, 7) is 2.18. The first-order chi connectivity index (χ1) is 5.81. The number of halogens is 2. The van der Waals surface area contributed by atoms with Gasteiger partial charge in [-0.25, -0.2) is 0 Å². The summed E-state index contributed by atoms with van der Waals surface area (Å²) in [6.07, 6.45) is 2.60. The Bertz CT molecular complexity index is 172. The van der Waals surface area contributed by atoms with E-state index in [4.69, 9.17) is 11.6 Å². The van der Waals surface area contributed by atoms with E-state index < -0.39 is 0 Å². The van der Waals surface area contributed by atoms with Crippen LogP contribution in [0.15, 0.2) is 30.3 Å². The first kappa shape index (κ1) is 12.0. The maximum Gasteiger partial charge on any atom is 0.0405 e. The Morgan fingerprint density at radius 3 is 2.00 bits per heavy atom. The molecule has 0 amide bonds. The topological polar surface area (TPSA) is 0 Å². The molecular weight excluding hydrogens is 235 g/mol. The lowest BCUT2D eigenvalue weighted by atomic mass is 10.4. The van der Waals surface area contributed by atoms with E-state index in [1.54, 1.807) is 0 Å². The van der Waals surface area contributed by atoms with E-state index in [-0.39, 0.29) is 0 Å². The highest BCUT2D eigenvalue weighted by Crippen LogP contribution is 2.03. The Kier molecular flexibility index (Phi) is 9.07. The third kappa shape index (κ3) is 8.09. The number of unbranched alkanes of at least 4 members (excludes halogenated alkanes) is 1. The summed E-state index contributed by atoms with van der Waals surface area (Å²) in [6, 6.07) is 9.44. The second-order valence-electron chi connectivity index (χ2n) is 2.34. The summed E-state index contributed by atoms with van der Waals surface area (Å²) in [5, 5.41) is 1.95. The zero-order chi connectivity index (χ0) is 9.23. The molecule has 0 saturated heterocycles. The molecule has 68 valence electrons. The van der Waals surface area contributed by atoms with Crippen LogP contribution in [0.1, 0.15) is 19.8 Å². The maximum atomic E-state index is 5.54. The monoisotopic (exact) mass is 248 g/mol. The fraction of sp³-hybridized carbons (Fsp3) is 0.400. The largest absolute Gasteiger partial charge is 0.0928 e. The Labute approximate surface area is 88.1 Å². The lowest BCUT2D eigenvalue weighted by Gasteiger charge is -1.80. The summed E-state index contributed by atoms with van der Waals surface area (Å²) in [5.74, 6) is 0. The van der Waals surface area contributed by atoms with Crippen molar-refractivity contribution < 1.29 is 0 Å². The van der Waals surface area contributed by atoms with Crippen molar-refractivity contribution in [2.75, 3.05) is 5.33 Å². The highest BCUT2D eigenvalue weighted by Gasteiger charge is 1.75. The quantitative estimate of drug-likeness (QED) is 0.676. The first-order valence-electron chi connectivity index (χ1n) is 4.07. The van der Waals surface area contributed by atoms with Crippen LogP contribution in [0.4, 0.5) is 0 Å². The summed E-state index contributed by atoms with van der Waals surface area (Å²) in [7, 11) is 0. The van der Waals surface area contributed by atoms with Crippen LogP contribution >= 0.6 is 27.5 Å². The smallest absolute Gasteiger partial charge is 0.0405 e. The second kappa shape index (κ2) is 9.08. The van der Waals surface area contributed by atoms with Crippen LogP contribution in [-0.2, 0) is 0 Å². The van der Waals surface area contributed by atoms with Crippen molar-refractivity contribution in [2.45, 2.75) is 19.8 Å². The van der Waals surface area contributed by atoms with Crippen molar-refractivity contribution in [2.24, 2.45) is 0 Å². The van der Waals surface area contributed by atoms with Crippen molar-refractivity contribution in [1.82, 2.24) is 0 Å². The minimum absolute atomic E-state index is 0.794. The number of hydrogen-bond donors (Lipinski definition) is 0. The number of alkyl halides is 1. The lowest BCUT2D eigenvalue weighted by Crippen LogP contribution is -1.64. The summed E-state index contributed by atoms with van der Waals surface area (Å²) in [4.78, 5) is 0. The Balaban J connectivity index is 0.000000217. The fourth-order valence-corrected chi connectivity index (χ4v) is 1.25. The minimum atomic E-state index is 0.794. The third-order valence-corrected chi connectivity index (χ3v) is 2.03. The van der Waals surface area contributed by atoms with Gasteiger partial charge in [0, 0.05) is 10.4 Å². The Morgan fingerprint density at radius 2 is 1.83 bits per heavy atom. The lowest BCUT2D eigenvalue weighted by molar-refractivity contribution is 0.902. The van der Waals surface area contributed by atoms with Crippen molar-refractivity contribution in [1.29, 1.82) is 0 Å². The van der Waals surface area contributed by atoms with E-state index in [1.165, 1.54) is 12.8 Å². The standard InChI is InChI=1S/C6H5Cl.C4H9Br/c7-6-4-2-1-3-5-6;1-2-3-4-5/h1-5H;2-4H2,1H3. The molecule has 0 aliphatic heterocycles. The van der Waals surface area contributed by atoms with Crippen LogP contribution < -0.4 is 0 Å². The highest BCUT2D eigenvalue weighted by molar-refractivity contribution is 9.09. The van der Waals surface area contributed by atoms with Crippen LogP contribution in [0.5, 0.6) is 0 Å². The SMILES string of the molecule is CCCCBr.Clc1ccccc1. The molecule has 0 fully saturated rings. The first-order valence-corrected chi connectivity index (χ1v) is 5.57. The molecule has 0 aliphatic rings. The molecule has 0 spiro atoms. The Morgan fingerprint density at radius 1 is 1.25 bits per heavy atom. The van der Waals surface area contributed by atoms with Gasteiger partial charge in [0.1, 0.15) is 0 Å². The van der Waals surface area contributed by atoms with Gasteiger partial charge in [0.15, 0.2) is 0 Å². The molecule has 12 heavy (non-hydrogen) atoms. The predicted octanol–water partition coefficient (Wildman–Crippen LogP) is 4.52. The summed E-state index contributed by atoms with van der Waals surface area (Å²) < 4.78 is 0. The predicted molar refractivity (Wildman–Crippen MR) is 60.2 cm³/mol. The van der Waals surface area contributed by atoms with E-state index in [9.17, 15) is 0 Å². The summed E-state index contributed by atoms with van der Waals surface area (Å²) in [5.41, 5.74) is 0. The fourth-order valence-electron chi connectivity index (χ4n) is 0.548. The zero-order valence-corrected chi connectivity index (χ0v) is 9.61.